The number of piperidine rings is 1. The summed E-state index contributed by atoms with van der Waals surface area (Å²) in [6, 6.07) is 17.0. The fourth-order valence-corrected chi connectivity index (χ4v) is 4.51. The van der Waals surface area contributed by atoms with E-state index < -0.39 is 0 Å². The highest BCUT2D eigenvalue weighted by Crippen LogP contribution is 2.29. The molecule has 0 N–H and O–H groups in total. The molecule has 1 aliphatic rings. The molecule has 0 spiro atoms. The lowest BCUT2D eigenvalue weighted by molar-refractivity contribution is 0.139. The molecule has 0 amide bonds. The van der Waals surface area contributed by atoms with Gasteiger partial charge in [-0.3, -0.25) is 4.90 Å². The molecule has 0 atom stereocenters. The van der Waals surface area contributed by atoms with Gasteiger partial charge < -0.3 is 14.2 Å². The molecule has 3 aromatic rings. The van der Waals surface area contributed by atoms with E-state index in [2.05, 4.69) is 59.8 Å². The second-order valence-electron chi connectivity index (χ2n) is 8.21. The van der Waals surface area contributed by atoms with Crippen molar-refractivity contribution in [2.75, 3.05) is 27.2 Å². The third-order valence-electron chi connectivity index (χ3n) is 6.20. The van der Waals surface area contributed by atoms with Crippen molar-refractivity contribution in [3.63, 3.8) is 0 Å². The Balaban J connectivity index is 1.57. The molecule has 0 saturated carbocycles. The molecule has 154 valence electrons. The lowest BCUT2D eigenvalue weighted by Gasteiger charge is -2.35. The number of para-hydroxylation sites is 1. The van der Waals surface area contributed by atoms with Crippen LogP contribution in [0.1, 0.15) is 24.1 Å². The van der Waals surface area contributed by atoms with Crippen LogP contribution in [0.2, 0.25) is 5.02 Å². The van der Waals surface area contributed by atoms with Crippen LogP contribution in [0.25, 0.3) is 10.9 Å². The van der Waals surface area contributed by atoms with E-state index in [9.17, 15) is 0 Å². The minimum absolute atomic E-state index is 0.552. The predicted octanol–water partition coefficient (Wildman–Crippen LogP) is 4.94. The van der Waals surface area contributed by atoms with Crippen molar-refractivity contribution in [2.45, 2.75) is 32.0 Å². The summed E-state index contributed by atoms with van der Waals surface area (Å²) >= 11 is 6.00. The second kappa shape index (κ2) is 8.78. The average Bonchev–Trinajstić information content (AvgIpc) is 2.99. The lowest BCUT2D eigenvalue weighted by Crippen LogP contribution is -2.41. The zero-order chi connectivity index (χ0) is 20.4. The van der Waals surface area contributed by atoms with Gasteiger partial charge in [0.1, 0.15) is 12.4 Å². The highest BCUT2D eigenvalue weighted by atomic mass is 35.5. The number of ether oxygens (including phenoxy) is 1. The fraction of sp³-hybridized carbons (Fsp3) is 0.417. The Kier molecular flexibility index (Phi) is 6.14. The van der Waals surface area contributed by atoms with Crippen LogP contribution in [0.4, 0.5) is 0 Å². The summed E-state index contributed by atoms with van der Waals surface area (Å²) in [6.07, 6.45) is 2.46. The van der Waals surface area contributed by atoms with Gasteiger partial charge in [-0.2, -0.15) is 0 Å². The third kappa shape index (κ3) is 4.45. The molecule has 4 rings (SSSR count). The first-order valence-electron chi connectivity index (χ1n) is 10.3. The number of benzene rings is 2. The molecule has 0 aliphatic carbocycles. The minimum atomic E-state index is 0.552. The number of aryl methyl sites for hydroxylation is 1. The lowest BCUT2D eigenvalue weighted by atomic mass is 10.0. The molecule has 1 fully saturated rings. The number of fused-ring (bicyclic) bond motifs is 1. The Labute approximate surface area is 178 Å². The maximum Gasteiger partial charge on any atom is 0.129 e. The zero-order valence-corrected chi connectivity index (χ0v) is 18.3. The van der Waals surface area contributed by atoms with E-state index in [0.29, 0.717) is 12.6 Å². The van der Waals surface area contributed by atoms with E-state index in [-0.39, 0.29) is 0 Å². The highest BCUT2D eigenvalue weighted by Gasteiger charge is 2.23. The first-order valence-corrected chi connectivity index (χ1v) is 10.7. The molecule has 5 heteroatoms. The number of hydrogen-bond donors (Lipinski definition) is 0. The second-order valence-corrected chi connectivity index (χ2v) is 8.65. The molecule has 1 aliphatic heterocycles. The van der Waals surface area contributed by atoms with Crippen molar-refractivity contribution in [3.05, 3.63) is 64.8 Å². The molecule has 0 bridgehead atoms. The van der Waals surface area contributed by atoms with Crippen LogP contribution in [-0.4, -0.2) is 47.6 Å². The number of aromatic nitrogens is 1. The standard InChI is InChI=1S/C24H30ClN3O/c1-26(2)19-12-14-28(15-13-19)16-22-21-6-4-5-7-23(21)27(3)24(22)17-29-20-10-8-18(25)9-11-20/h4-11,19H,12-17H2,1-3H3. The number of likely N-dealkylation sites (tertiary alicyclic amines) is 1. The Morgan fingerprint density at radius 1 is 1.03 bits per heavy atom. The van der Waals surface area contributed by atoms with Crippen LogP contribution in [0.5, 0.6) is 5.75 Å². The maximum atomic E-state index is 6.13. The largest absolute Gasteiger partial charge is 0.487 e. The van der Waals surface area contributed by atoms with E-state index in [1.54, 1.807) is 0 Å². The summed E-state index contributed by atoms with van der Waals surface area (Å²) < 4.78 is 8.42. The summed E-state index contributed by atoms with van der Waals surface area (Å²) in [6.45, 7) is 3.81. The normalized spacial score (nSPS) is 16.0. The van der Waals surface area contributed by atoms with Gasteiger partial charge in [0, 0.05) is 35.6 Å². The SMILES string of the molecule is CN(C)C1CCN(Cc2c(COc3ccc(Cl)cc3)n(C)c3ccccc23)CC1. The van der Waals surface area contributed by atoms with Crippen LogP contribution < -0.4 is 4.74 Å². The Morgan fingerprint density at radius 2 is 1.72 bits per heavy atom. The number of hydrogen-bond acceptors (Lipinski definition) is 3. The van der Waals surface area contributed by atoms with Gasteiger partial charge in [0.15, 0.2) is 0 Å². The molecular formula is C24H30ClN3O. The Morgan fingerprint density at radius 3 is 2.41 bits per heavy atom. The summed E-state index contributed by atoms with van der Waals surface area (Å²) in [5, 5.41) is 2.06. The van der Waals surface area contributed by atoms with Crippen molar-refractivity contribution < 1.29 is 4.74 Å². The number of rotatable bonds is 6. The van der Waals surface area contributed by atoms with E-state index in [1.165, 1.54) is 35.0 Å². The van der Waals surface area contributed by atoms with Crippen LogP contribution in [-0.2, 0) is 20.2 Å². The van der Waals surface area contributed by atoms with Crippen molar-refractivity contribution in [1.29, 1.82) is 0 Å². The van der Waals surface area contributed by atoms with E-state index >= 15 is 0 Å². The first-order chi connectivity index (χ1) is 14.0. The van der Waals surface area contributed by atoms with E-state index in [0.717, 1.165) is 30.4 Å². The molecule has 1 saturated heterocycles. The van der Waals surface area contributed by atoms with Gasteiger partial charge >= 0.3 is 0 Å². The van der Waals surface area contributed by atoms with Crippen molar-refractivity contribution in [1.82, 2.24) is 14.4 Å². The monoisotopic (exact) mass is 411 g/mol. The number of halogens is 1. The smallest absolute Gasteiger partial charge is 0.129 e. The minimum Gasteiger partial charge on any atom is -0.487 e. The van der Waals surface area contributed by atoms with Crippen LogP contribution in [0, 0.1) is 0 Å². The molecule has 4 nitrogen and oxygen atoms in total. The summed E-state index contributed by atoms with van der Waals surface area (Å²) in [4.78, 5) is 4.95. The summed E-state index contributed by atoms with van der Waals surface area (Å²) in [5.41, 5.74) is 3.90. The topological polar surface area (TPSA) is 20.6 Å². The quantitative estimate of drug-likeness (QED) is 0.573. The molecule has 2 aromatic carbocycles. The highest BCUT2D eigenvalue weighted by molar-refractivity contribution is 6.30. The molecule has 0 radical (unpaired) electrons. The molecule has 0 unspecified atom stereocenters. The van der Waals surface area contributed by atoms with Gasteiger partial charge in [0.05, 0.1) is 5.69 Å². The van der Waals surface area contributed by atoms with E-state index in [4.69, 9.17) is 16.3 Å². The van der Waals surface area contributed by atoms with Crippen LogP contribution in [0.15, 0.2) is 48.5 Å². The Bertz CT molecular complexity index is 956. The van der Waals surface area contributed by atoms with Gasteiger partial charge in [0.25, 0.3) is 0 Å². The maximum absolute atomic E-state index is 6.13. The van der Waals surface area contributed by atoms with Gasteiger partial charge in [-0.25, -0.2) is 0 Å². The number of nitrogens with zero attached hydrogens (tertiary/aromatic N) is 3. The van der Waals surface area contributed by atoms with Crippen molar-refractivity contribution in [3.8, 4) is 5.75 Å². The van der Waals surface area contributed by atoms with Crippen molar-refractivity contribution in [2.24, 2.45) is 7.05 Å². The van der Waals surface area contributed by atoms with Crippen molar-refractivity contribution >= 4 is 22.5 Å². The molecule has 1 aromatic heterocycles. The first kappa shape index (κ1) is 20.3. The fourth-order valence-electron chi connectivity index (χ4n) is 4.38. The van der Waals surface area contributed by atoms with Crippen LogP contribution in [0.3, 0.4) is 0 Å². The summed E-state index contributed by atoms with van der Waals surface area (Å²) in [7, 11) is 6.53. The average molecular weight is 412 g/mol. The molecule has 29 heavy (non-hydrogen) atoms. The van der Waals surface area contributed by atoms with Gasteiger partial charge in [-0.05, 0) is 75.9 Å². The van der Waals surface area contributed by atoms with E-state index in [1.807, 2.05) is 24.3 Å². The zero-order valence-electron chi connectivity index (χ0n) is 17.6. The Hall–Kier alpha value is -2.01. The predicted molar refractivity (Wildman–Crippen MR) is 121 cm³/mol. The molecular weight excluding hydrogens is 382 g/mol. The van der Waals surface area contributed by atoms with Gasteiger partial charge in [-0.1, -0.05) is 29.8 Å². The van der Waals surface area contributed by atoms with Gasteiger partial charge in [-0.15, -0.1) is 0 Å². The molecule has 2 heterocycles. The summed E-state index contributed by atoms with van der Waals surface area (Å²) in [5.74, 6) is 0.845. The van der Waals surface area contributed by atoms with Gasteiger partial charge in [0.2, 0.25) is 0 Å². The van der Waals surface area contributed by atoms with Crippen LogP contribution >= 0.6 is 11.6 Å². The third-order valence-corrected chi connectivity index (χ3v) is 6.45.